The number of esters is 3. The molecular formula is C51H61NO12. The molecule has 0 spiro atoms. The zero-order valence-corrected chi connectivity index (χ0v) is 37.9. The summed E-state index contributed by atoms with van der Waals surface area (Å²) in [7, 11) is 0. The van der Waals surface area contributed by atoms with Gasteiger partial charge in [-0.2, -0.15) is 0 Å². The van der Waals surface area contributed by atoms with Gasteiger partial charge < -0.3 is 39.2 Å². The van der Waals surface area contributed by atoms with Crippen molar-refractivity contribution in [1.82, 2.24) is 5.32 Å². The maximum absolute atomic E-state index is 15.2. The Hall–Kier alpha value is -5.21. The minimum Gasteiger partial charge on any atom is -0.458 e. The molecule has 1 saturated heterocycles. The van der Waals surface area contributed by atoms with Crippen molar-refractivity contribution in [3.8, 4) is 0 Å². The molecule has 1 amide bonds. The van der Waals surface area contributed by atoms with Gasteiger partial charge in [0.15, 0.2) is 11.4 Å². The third-order valence-electron chi connectivity index (χ3n) is 14.4. The molecule has 3 aromatic carbocycles. The van der Waals surface area contributed by atoms with Crippen molar-refractivity contribution in [3.63, 3.8) is 0 Å². The Morgan fingerprint density at radius 3 is 1.97 bits per heavy atom. The fraction of sp³-hybridized carbons (Fsp3) is 0.510. The normalized spacial score (nSPS) is 31.4. The fourth-order valence-corrected chi connectivity index (χ4v) is 11.3. The van der Waals surface area contributed by atoms with E-state index < -0.39 is 100 Å². The van der Waals surface area contributed by atoms with Crippen molar-refractivity contribution < 1.29 is 57.9 Å². The van der Waals surface area contributed by atoms with Crippen LogP contribution in [0.2, 0.25) is 0 Å². The number of carbonyl (C=O) groups excluding carboxylic acids is 5. The molecule has 7 rings (SSSR count). The number of hydrogen-bond acceptors (Lipinski definition) is 12. The first-order chi connectivity index (χ1) is 30.2. The summed E-state index contributed by atoms with van der Waals surface area (Å²) in [5.74, 6) is -4.63. The van der Waals surface area contributed by atoms with Gasteiger partial charge in [0.05, 0.1) is 36.3 Å². The number of rotatable bonds is 13. The lowest BCUT2D eigenvalue weighted by Gasteiger charge is -2.68. The second-order valence-corrected chi connectivity index (χ2v) is 19.1. The SMILES string of the molecule is CC(=O)O[C@H]1C[C@]2(C)[C@@H](O)C[C@H]3OC[C@@]3(OC(C)=O)[C@H]2[C@H](OC(=O)c2ccccc2)[C@]2(O)C[C@H](CC(=O)[C@H](OC(C)C)[C@@H](NC(=O)c3ccccc3)c3ccccc3)C(C)=C1C2(C)C. The largest absolute Gasteiger partial charge is 0.458 e. The summed E-state index contributed by atoms with van der Waals surface area (Å²) < 4.78 is 31.6. The Morgan fingerprint density at radius 2 is 1.42 bits per heavy atom. The van der Waals surface area contributed by atoms with E-state index in [1.807, 2.05) is 37.3 Å². The number of Topliss-reactive ketones (excluding diaryl/α,β-unsaturated/α-hetero) is 1. The number of fused-ring (bicyclic) bond motifs is 5. The van der Waals surface area contributed by atoms with Gasteiger partial charge in [0, 0.05) is 43.1 Å². The van der Waals surface area contributed by atoms with Crippen LogP contribution >= 0.6 is 0 Å². The molecule has 13 heteroatoms. The number of aliphatic hydroxyl groups excluding tert-OH is 1. The van der Waals surface area contributed by atoms with Crippen LogP contribution in [-0.2, 0) is 38.1 Å². The molecule has 1 heterocycles. The molecule has 342 valence electrons. The highest BCUT2D eigenvalue weighted by molar-refractivity contribution is 5.95. The number of ketones is 1. The number of carbonyl (C=O) groups is 5. The molecule has 3 fully saturated rings. The summed E-state index contributed by atoms with van der Waals surface area (Å²) in [6, 6.07) is 25.2. The van der Waals surface area contributed by atoms with Gasteiger partial charge in [-0.3, -0.25) is 19.2 Å². The number of aliphatic hydroxyl groups is 2. The molecule has 13 nitrogen and oxygen atoms in total. The van der Waals surface area contributed by atoms with Crippen LogP contribution in [0.4, 0.5) is 0 Å². The zero-order valence-electron chi connectivity index (χ0n) is 37.9. The number of allylic oxidation sites excluding steroid dienone is 1. The van der Waals surface area contributed by atoms with Crippen LogP contribution in [0.3, 0.4) is 0 Å². The molecule has 2 bridgehead atoms. The van der Waals surface area contributed by atoms with Gasteiger partial charge in [-0.25, -0.2) is 4.79 Å². The van der Waals surface area contributed by atoms with Crippen LogP contribution in [0.25, 0.3) is 0 Å². The number of amides is 1. The summed E-state index contributed by atoms with van der Waals surface area (Å²) in [4.78, 5) is 69.7. The van der Waals surface area contributed by atoms with Crippen LogP contribution in [0.15, 0.2) is 102 Å². The smallest absolute Gasteiger partial charge is 0.338 e. The molecule has 1 aliphatic heterocycles. The molecule has 3 aromatic rings. The number of benzene rings is 3. The number of nitrogens with one attached hydrogen (secondary N) is 1. The Balaban J connectivity index is 1.39. The summed E-state index contributed by atoms with van der Waals surface area (Å²) in [6.45, 7) is 13.3. The molecule has 4 aliphatic rings. The highest BCUT2D eigenvalue weighted by Gasteiger charge is 2.76. The Kier molecular flexibility index (Phi) is 13.1. The second kappa shape index (κ2) is 18.0. The number of ether oxygens (including phenoxy) is 5. The van der Waals surface area contributed by atoms with Crippen molar-refractivity contribution in [2.24, 2.45) is 22.7 Å². The highest BCUT2D eigenvalue weighted by Crippen LogP contribution is 2.66. The van der Waals surface area contributed by atoms with Crippen LogP contribution in [0, 0.1) is 22.7 Å². The lowest BCUT2D eigenvalue weighted by Crippen LogP contribution is -2.80. The van der Waals surface area contributed by atoms with Crippen molar-refractivity contribution in [2.75, 3.05) is 6.61 Å². The maximum Gasteiger partial charge on any atom is 0.338 e. The van der Waals surface area contributed by atoms with Crippen LogP contribution in [0.1, 0.15) is 113 Å². The summed E-state index contributed by atoms with van der Waals surface area (Å²) in [5.41, 5.74) is -3.73. The van der Waals surface area contributed by atoms with E-state index in [4.69, 9.17) is 23.7 Å². The molecule has 64 heavy (non-hydrogen) atoms. The molecule has 0 unspecified atom stereocenters. The van der Waals surface area contributed by atoms with E-state index in [0.717, 1.165) is 0 Å². The van der Waals surface area contributed by atoms with Crippen molar-refractivity contribution in [1.29, 1.82) is 0 Å². The van der Waals surface area contributed by atoms with Crippen molar-refractivity contribution in [3.05, 3.63) is 119 Å². The first-order valence-corrected chi connectivity index (χ1v) is 22.2. The molecule has 11 atom stereocenters. The van der Waals surface area contributed by atoms with Crippen LogP contribution < -0.4 is 5.32 Å². The predicted molar refractivity (Wildman–Crippen MR) is 235 cm³/mol. The third-order valence-corrected chi connectivity index (χ3v) is 14.4. The first-order valence-electron chi connectivity index (χ1n) is 22.2. The van der Waals surface area contributed by atoms with Gasteiger partial charge in [0.2, 0.25) is 0 Å². The fourth-order valence-electron chi connectivity index (χ4n) is 11.3. The third kappa shape index (κ3) is 8.43. The van der Waals surface area contributed by atoms with E-state index in [1.54, 1.807) is 95.3 Å². The van der Waals surface area contributed by atoms with E-state index in [9.17, 15) is 29.4 Å². The molecular weight excluding hydrogens is 819 g/mol. The maximum atomic E-state index is 15.2. The van der Waals surface area contributed by atoms with Crippen LogP contribution in [0.5, 0.6) is 0 Å². The van der Waals surface area contributed by atoms with Crippen molar-refractivity contribution in [2.45, 2.75) is 135 Å². The van der Waals surface area contributed by atoms with Gasteiger partial charge >= 0.3 is 17.9 Å². The van der Waals surface area contributed by atoms with Crippen molar-refractivity contribution >= 4 is 29.6 Å². The quantitative estimate of drug-likeness (QED) is 0.0945. The highest BCUT2D eigenvalue weighted by atomic mass is 16.6. The minimum atomic E-state index is -2.07. The van der Waals surface area contributed by atoms with Gasteiger partial charge in [0.25, 0.3) is 5.91 Å². The zero-order chi connectivity index (χ0) is 46.4. The second-order valence-electron chi connectivity index (χ2n) is 19.1. The Labute approximate surface area is 374 Å². The van der Waals surface area contributed by atoms with E-state index in [1.165, 1.54) is 13.8 Å². The molecule has 0 radical (unpaired) electrons. The van der Waals surface area contributed by atoms with Gasteiger partial charge in [-0.05, 0) is 74.9 Å². The lowest BCUT2D eigenvalue weighted by atomic mass is 9.44. The van der Waals surface area contributed by atoms with Gasteiger partial charge in [-0.1, -0.05) is 93.1 Å². The molecule has 2 saturated carbocycles. The summed E-state index contributed by atoms with van der Waals surface area (Å²) in [5, 5.41) is 29.2. The average molecular weight is 880 g/mol. The standard InChI is InChI=1S/C51H61NO12/c1-29(2)61-43(42(33-18-12-9-13-19-33)52-46(57)34-20-14-10-15-21-34)37(55)24-36-26-51(59)45(63-47(58)35-22-16-11-17-23-35)44-49(8,39(56)25-40-50(44,28-60-40)64-32(5)54)27-38(62-31(4)53)41(30(36)3)48(51,6)7/h9-23,29,36,38-40,42-45,56,59H,24-28H2,1-8H3,(H,52,57)/t36-,38-,39-,40+,42-,43-,44-,45-,49+,50-,51+/m0/s1. The first kappa shape index (κ1) is 46.8. The number of hydrogen-bond donors (Lipinski definition) is 3. The summed E-state index contributed by atoms with van der Waals surface area (Å²) >= 11 is 0. The molecule has 0 aromatic heterocycles. The topological polar surface area (TPSA) is 184 Å². The van der Waals surface area contributed by atoms with E-state index in [0.29, 0.717) is 22.3 Å². The Bertz CT molecular complexity index is 2260. The molecule has 3 aliphatic carbocycles. The average Bonchev–Trinajstić information content (AvgIpc) is 3.24. The minimum absolute atomic E-state index is 0.0128. The van der Waals surface area contributed by atoms with Gasteiger partial charge in [-0.15, -0.1) is 0 Å². The van der Waals surface area contributed by atoms with E-state index in [2.05, 4.69) is 5.32 Å². The van der Waals surface area contributed by atoms with Gasteiger partial charge in [0.1, 0.15) is 30.0 Å². The van der Waals surface area contributed by atoms with E-state index in [-0.39, 0.29) is 43.6 Å². The van der Waals surface area contributed by atoms with E-state index >= 15 is 4.79 Å². The predicted octanol–water partition coefficient (Wildman–Crippen LogP) is 6.65. The summed E-state index contributed by atoms with van der Waals surface area (Å²) in [6.07, 6.45) is -6.44. The monoisotopic (exact) mass is 879 g/mol. The Morgan fingerprint density at radius 1 is 0.828 bits per heavy atom. The lowest BCUT2D eigenvalue weighted by molar-refractivity contribution is -0.353. The van der Waals surface area contributed by atoms with Crippen LogP contribution in [-0.4, -0.2) is 94.2 Å². The molecule has 3 N–H and O–H groups in total.